The highest BCUT2D eigenvalue weighted by Crippen LogP contribution is 2.40. The molecule has 7 aromatic heterocycles. The van der Waals surface area contributed by atoms with Crippen molar-refractivity contribution in [2.24, 2.45) is 5.92 Å². The van der Waals surface area contributed by atoms with Crippen LogP contribution in [0.2, 0.25) is 0 Å². The van der Waals surface area contributed by atoms with Crippen LogP contribution >= 0.6 is 68.0 Å². The topological polar surface area (TPSA) is 340 Å². The molecular weight excluding hydrogens is 1250 g/mol. The van der Waals surface area contributed by atoms with E-state index in [0.717, 1.165) is 16.9 Å². The molecule has 0 saturated heterocycles. The number of hydrogen-bond donors (Lipinski definition) is 7. The molecule has 9 rings (SSSR count). The minimum Gasteiger partial charge on any atom is -0.481 e. The summed E-state index contributed by atoms with van der Waals surface area (Å²) in [6, 6.07) is 10.7. The molecule has 88 heavy (non-hydrogen) atoms. The summed E-state index contributed by atoms with van der Waals surface area (Å²) in [6.45, 7) is 5.18. The van der Waals surface area contributed by atoms with E-state index in [1.54, 1.807) is 29.8 Å². The zero-order valence-electron chi connectivity index (χ0n) is 48.2. The first-order valence-electron chi connectivity index (χ1n) is 27.8. The summed E-state index contributed by atoms with van der Waals surface area (Å²) in [5, 5.41) is 42.4. The summed E-state index contributed by atoms with van der Waals surface area (Å²) < 4.78 is 5.47. The molecule has 2 unspecified atom stereocenters. The Balaban J connectivity index is 1.11. The third-order valence-corrected chi connectivity index (χ3v) is 19.5. The fourth-order valence-electron chi connectivity index (χ4n) is 9.29. The van der Waals surface area contributed by atoms with E-state index in [9.17, 15) is 43.5 Å². The number of carboxylic acid groups (broad SMARTS) is 2. The number of nitrogens with one attached hydrogen (secondary N) is 5. The van der Waals surface area contributed by atoms with Gasteiger partial charge in [-0.15, -0.1) is 68.0 Å². The Morgan fingerprint density at radius 3 is 2.10 bits per heavy atom. The number of pyridine rings is 1. The van der Waals surface area contributed by atoms with Crippen molar-refractivity contribution in [1.29, 1.82) is 0 Å². The number of methoxy groups -OCH3 is 1. The number of carbonyl (C=O) groups is 8. The van der Waals surface area contributed by atoms with E-state index in [1.807, 2.05) is 54.9 Å². The van der Waals surface area contributed by atoms with Crippen LogP contribution in [-0.2, 0) is 41.7 Å². The number of anilines is 1. The molecule has 0 fully saturated rings. The Morgan fingerprint density at radius 2 is 1.35 bits per heavy atom. The fraction of sp³-hybridized carbons (Fsp3) is 0.362. The molecule has 0 spiro atoms. The lowest BCUT2D eigenvalue weighted by atomic mass is 10.0. The molecule has 8 aromatic rings. The second-order valence-corrected chi connectivity index (χ2v) is 26.4. The summed E-state index contributed by atoms with van der Waals surface area (Å²) in [7, 11) is 2.95. The van der Waals surface area contributed by atoms with Gasteiger partial charge < -0.3 is 41.5 Å². The average Bonchev–Trinajstić information content (AvgIpc) is 3.42. The largest absolute Gasteiger partial charge is 0.481 e. The van der Waals surface area contributed by atoms with Crippen LogP contribution in [0.4, 0.5) is 5.82 Å². The second-order valence-electron chi connectivity index (χ2n) is 20.6. The van der Waals surface area contributed by atoms with Gasteiger partial charge in [-0.1, -0.05) is 50.6 Å². The fourth-order valence-corrected chi connectivity index (χ4v) is 14.8. The van der Waals surface area contributed by atoms with Gasteiger partial charge in [-0.2, -0.15) is 0 Å². The molecule has 10 bridgehead atoms. The molecule has 1 aliphatic heterocycles. The van der Waals surface area contributed by atoms with Crippen molar-refractivity contribution in [1.82, 2.24) is 61.5 Å². The SMILES string of the molecule is CNC(=O)C[C@@H]1NC(=O)c2csc(n2)-c2ccc(-c3nc(N(CCCC(=O)O)C(=O)CCCCCC(=O)O)cs3)nc2-c2csc(n2)-c2csc(n2)C(Cc2ccccc2)NC(=O)CNC(=O)c2nc(sc2COC)C(C(C)C)NC(=O)c2nc1sc2C. The van der Waals surface area contributed by atoms with E-state index < -0.39 is 66.1 Å². The van der Waals surface area contributed by atoms with E-state index in [0.29, 0.717) is 94.6 Å². The maximum atomic E-state index is 14.4. The van der Waals surface area contributed by atoms with Crippen molar-refractivity contribution in [2.45, 2.75) is 103 Å². The van der Waals surface area contributed by atoms with Crippen LogP contribution in [0.1, 0.15) is 145 Å². The highest BCUT2D eigenvalue weighted by Gasteiger charge is 2.32. The Kier molecular flexibility index (Phi) is 21.7. The average molecular weight is 1310 g/mol. The van der Waals surface area contributed by atoms with Crippen molar-refractivity contribution in [3.8, 4) is 43.4 Å². The lowest BCUT2D eigenvalue weighted by Crippen LogP contribution is -2.39. The van der Waals surface area contributed by atoms with E-state index in [2.05, 4.69) is 26.6 Å². The monoisotopic (exact) mass is 1310 g/mol. The van der Waals surface area contributed by atoms with Gasteiger partial charge in [0.1, 0.15) is 70.0 Å². The summed E-state index contributed by atoms with van der Waals surface area (Å²) in [5.41, 5.74) is 3.20. The van der Waals surface area contributed by atoms with Gasteiger partial charge in [-0.05, 0) is 56.2 Å². The van der Waals surface area contributed by atoms with Crippen molar-refractivity contribution in [2.75, 3.05) is 32.1 Å². The number of benzene rings is 1. The first kappa shape index (κ1) is 64.3. The van der Waals surface area contributed by atoms with Crippen LogP contribution in [0.25, 0.3) is 43.4 Å². The van der Waals surface area contributed by atoms with Crippen LogP contribution in [0.15, 0.2) is 64.0 Å². The number of rotatable bonds is 19. The van der Waals surface area contributed by atoms with Gasteiger partial charge in [0.05, 0.1) is 48.3 Å². The molecular formula is C58H61N13O11S6. The van der Waals surface area contributed by atoms with E-state index in [-0.39, 0.29) is 79.2 Å². The Morgan fingerprint density at radius 1 is 0.659 bits per heavy atom. The van der Waals surface area contributed by atoms with Gasteiger partial charge in [0.25, 0.3) is 17.7 Å². The summed E-state index contributed by atoms with van der Waals surface area (Å²) in [5.74, 6) is -4.87. The molecule has 7 N–H and O–H groups in total. The van der Waals surface area contributed by atoms with Crippen LogP contribution in [0.5, 0.6) is 0 Å². The smallest absolute Gasteiger partial charge is 0.303 e. The van der Waals surface area contributed by atoms with Crippen molar-refractivity contribution in [3.05, 3.63) is 111 Å². The Bertz CT molecular complexity index is 3850. The lowest BCUT2D eigenvalue weighted by molar-refractivity contribution is -0.138. The normalized spacial score (nSPS) is 15.6. The van der Waals surface area contributed by atoms with E-state index in [1.165, 1.54) is 75.7 Å². The second kappa shape index (κ2) is 29.7. The number of aryl methyl sites for hydroxylation is 1. The minimum absolute atomic E-state index is 0.0153. The number of aliphatic carboxylic acids is 2. The number of nitrogens with zero attached hydrogens (tertiary/aromatic N) is 8. The zero-order valence-corrected chi connectivity index (χ0v) is 53.1. The van der Waals surface area contributed by atoms with Crippen molar-refractivity contribution in [3.63, 3.8) is 0 Å². The van der Waals surface area contributed by atoms with Gasteiger partial charge >= 0.3 is 11.9 Å². The maximum Gasteiger partial charge on any atom is 0.303 e. The first-order valence-corrected chi connectivity index (χ1v) is 33.0. The van der Waals surface area contributed by atoms with Crippen LogP contribution in [0, 0.1) is 12.8 Å². The minimum atomic E-state index is -1.01. The standard InChI is InChI=1S/C58H61N13O11S6/c1-29(2)46-58-70-49(39(88-58)24-82-5)51(80)60-23-42(73)61-34(21-31-13-8-6-9-14-31)55-66-38(27-85-55)56-64-36(25-84-56)48-32(53-65-37(26-83-53)50(79)63-35(22-41(72)59-4)57-69-47(30(3)87-57)52(81)68-46)18-19-33(62-48)54-67-40(28-86-54)71(20-12-17-45(77)78)43(74)15-10-7-11-16-44(75)76/h6,8-9,13-14,18-19,25-29,34-35,46H,7,10-12,15-17,20-24H2,1-5H3,(H,59,72)(H,60,80)(H,61,73)(H,63,79)(H,68,81)(H,75,76)(H,77,78)/t34?,35-,46?/m0/s1. The maximum absolute atomic E-state index is 14.4. The molecule has 1 aliphatic rings. The quantitative estimate of drug-likeness (QED) is 0.0371. The highest BCUT2D eigenvalue weighted by molar-refractivity contribution is 7.15. The van der Waals surface area contributed by atoms with Crippen LogP contribution in [-0.4, -0.2) is 120 Å². The molecule has 3 atom stereocenters. The number of ether oxygens (including phenoxy) is 1. The molecule has 460 valence electrons. The van der Waals surface area contributed by atoms with Crippen molar-refractivity contribution >= 4 is 121 Å². The van der Waals surface area contributed by atoms with Crippen molar-refractivity contribution < 1.29 is 53.3 Å². The number of unbranched alkanes of at least 4 members (excludes halogenated alkanes) is 2. The van der Waals surface area contributed by atoms with E-state index >= 15 is 0 Å². The Labute approximate surface area is 528 Å². The molecule has 0 saturated carbocycles. The first-order chi connectivity index (χ1) is 42.3. The number of hydrogen-bond acceptors (Lipinski definition) is 22. The number of fused-ring (bicyclic) bond motifs is 14. The molecule has 30 heteroatoms. The summed E-state index contributed by atoms with van der Waals surface area (Å²) >= 11 is 7.34. The number of aromatic nitrogens is 7. The summed E-state index contributed by atoms with van der Waals surface area (Å²) in [6.07, 6.45) is 1.56. The van der Waals surface area contributed by atoms with Gasteiger partial charge in [-0.25, -0.2) is 34.9 Å². The van der Waals surface area contributed by atoms with Crippen LogP contribution in [0.3, 0.4) is 0 Å². The number of amides is 6. The highest BCUT2D eigenvalue weighted by atomic mass is 32.1. The van der Waals surface area contributed by atoms with Gasteiger partial charge in [0.2, 0.25) is 17.7 Å². The zero-order chi connectivity index (χ0) is 62.6. The number of carbonyl (C=O) groups excluding carboxylic acids is 6. The third kappa shape index (κ3) is 16.1. The van der Waals surface area contributed by atoms with Gasteiger partial charge in [-0.3, -0.25) is 43.3 Å². The summed E-state index contributed by atoms with van der Waals surface area (Å²) in [4.78, 5) is 143. The van der Waals surface area contributed by atoms with Gasteiger partial charge in [0.15, 0.2) is 0 Å². The van der Waals surface area contributed by atoms with Gasteiger partial charge in [0, 0.05) is 71.9 Å². The predicted octanol–water partition coefficient (Wildman–Crippen LogP) is 9.05. The predicted molar refractivity (Wildman–Crippen MR) is 336 cm³/mol. The lowest BCUT2D eigenvalue weighted by Gasteiger charge is -2.20. The molecule has 6 amide bonds. The molecule has 0 radical (unpaired) electrons. The Hall–Kier alpha value is -8.13. The number of carboxylic acids is 2. The molecule has 1 aromatic carbocycles. The molecule has 0 aliphatic carbocycles. The van der Waals surface area contributed by atoms with Crippen LogP contribution < -0.4 is 31.5 Å². The van der Waals surface area contributed by atoms with E-state index in [4.69, 9.17) is 44.7 Å². The molecule has 8 heterocycles. The molecule has 24 nitrogen and oxygen atoms in total. The third-order valence-electron chi connectivity index (χ3n) is 13.7. The number of thiazole rings is 6.